The van der Waals surface area contributed by atoms with Crippen LogP contribution in [0.4, 0.5) is 5.69 Å². The molecule has 1 aliphatic carbocycles. The molecule has 1 aliphatic rings. The Bertz CT molecular complexity index is 382. The van der Waals surface area contributed by atoms with Crippen molar-refractivity contribution in [3.63, 3.8) is 0 Å². The van der Waals surface area contributed by atoms with Crippen molar-refractivity contribution in [1.82, 2.24) is 0 Å². The molecule has 0 radical (unpaired) electrons. The third-order valence-electron chi connectivity index (χ3n) is 2.23. The highest BCUT2D eigenvalue weighted by Gasteiger charge is 2.11. The summed E-state index contributed by atoms with van der Waals surface area (Å²) in [6, 6.07) is 6.79. The molecule has 1 aromatic rings. The molecule has 0 fully saturated rings. The van der Waals surface area contributed by atoms with Crippen LogP contribution in [0.5, 0.6) is 0 Å². The summed E-state index contributed by atoms with van der Waals surface area (Å²) in [6.07, 6.45) is 4.25. The maximum absolute atomic E-state index is 10.5. The molecule has 3 nitrogen and oxygen atoms in total. The van der Waals surface area contributed by atoms with E-state index in [9.17, 15) is 10.1 Å². The van der Waals surface area contributed by atoms with Gasteiger partial charge in [-0.25, -0.2) is 0 Å². The highest BCUT2D eigenvalue weighted by Crippen LogP contribution is 2.30. The fraction of sp³-hybridized carbons (Fsp3) is 0.200. The lowest BCUT2D eigenvalue weighted by atomic mass is 9.92. The monoisotopic (exact) mass is 175 g/mol. The molecule has 0 bridgehead atoms. The normalized spacial score (nSPS) is 14.6. The second kappa shape index (κ2) is 3.01. The Kier molecular flexibility index (Phi) is 1.85. The zero-order valence-corrected chi connectivity index (χ0v) is 7.06. The maximum atomic E-state index is 10.5. The number of benzene rings is 1. The van der Waals surface area contributed by atoms with Crippen LogP contribution >= 0.6 is 0 Å². The number of rotatable bonds is 2. The molecule has 0 atom stereocenters. The van der Waals surface area contributed by atoms with Gasteiger partial charge in [-0.15, -0.1) is 0 Å². The summed E-state index contributed by atoms with van der Waals surface area (Å²) in [4.78, 5) is 10.1. The van der Waals surface area contributed by atoms with Gasteiger partial charge in [0.1, 0.15) is 0 Å². The van der Waals surface area contributed by atoms with Crippen LogP contribution < -0.4 is 0 Å². The van der Waals surface area contributed by atoms with Crippen molar-refractivity contribution in [3.05, 3.63) is 46.0 Å². The third kappa shape index (κ3) is 1.45. The summed E-state index contributed by atoms with van der Waals surface area (Å²) in [5.74, 6) is 0. The highest BCUT2D eigenvalue weighted by molar-refractivity contribution is 5.71. The number of hydrogen-bond acceptors (Lipinski definition) is 2. The van der Waals surface area contributed by atoms with Gasteiger partial charge in [-0.2, -0.15) is 0 Å². The second-order valence-electron chi connectivity index (χ2n) is 3.08. The van der Waals surface area contributed by atoms with Crippen molar-refractivity contribution in [3.8, 4) is 0 Å². The molecule has 2 rings (SSSR count). The molecule has 66 valence electrons. The van der Waals surface area contributed by atoms with Gasteiger partial charge in [-0.3, -0.25) is 10.1 Å². The second-order valence-corrected chi connectivity index (χ2v) is 3.08. The van der Waals surface area contributed by atoms with E-state index >= 15 is 0 Å². The van der Waals surface area contributed by atoms with Gasteiger partial charge in [-0.1, -0.05) is 18.2 Å². The summed E-state index contributed by atoms with van der Waals surface area (Å²) in [5.41, 5.74) is 2.38. The minimum absolute atomic E-state index is 0.172. The van der Waals surface area contributed by atoms with E-state index < -0.39 is 0 Å². The number of nitrogens with zero attached hydrogens (tertiary/aromatic N) is 1. The summed E-state index contributed by atoms with van der Waals surface area (Å²) >= 11 is 0. The summed E-state index contributed by atoms with van der Waals surface area (Å²) in [5, 5.41) is 10.5. The Balaban J connectivity index is 2.37. The molecule has 0 unspecified atom stereocenters. The van der Waals surface area contributed by atoms with Crippen molar-refractivity contribution in [2.75, 3.05) is 0 Å². The van der Waals surface area contributed by atoms with Crippen molar-refractivity contribution in [1.29, 1.82) is 0 Å². The molecule has 0 spiro atoms. The number of nitro benzene ring substituents is 1. The van der Waals surface area contributed by atoms with E-state index in [4.69, 9.17) is 0 Å². The highest BCUT2D eigenvalue weighted by atomic mass is 16.6. The summed E-state index contributed by atoms with van der Waals surface area (Å²) in [6.45, 7) is 0. The number of hydrogen-bond donors (Lipinski definition) is 0. The van der Waals surface area contributed by atoms with E-state index in [1.54, 1.807) is 12.1 Å². The van der Waals surface area contributed by atoms with Gasteiger partial charge < -0.3 is 0 Å². The SMILES string of the molecule is O=[N+]([O-])c1cccc(C2=CCC2)c1. The van der Waals surface area contributed by atoms with E-state index in [1.807, 2.05) is 6.07 Å². The van der Waals surface area contributed by atoms with Gasteiger partial charge in [0.05, 0.1) is 4.92 Å². The van der Waals surface area contributed by atoms with Crippen molar-refractivity contribution >= 4 is 11.3 Å². The predicted molar refractivity (Wildman–Crippen MR) is 50.3 cm³/mol. The first-order valence-corrected chi connectivity index (χ1v) is 4.21. The number of non-ortho nitro benzene ring substituents is 1. The molecule has 0 N–H and O–H groups in total. The molecule has 0 saturated carbocycles. The van der Waals surface area contributed by atoms with Crippen molar-refractivity contribution in [2.24, 2.45) is 0 Å². The summed E-state index contributed by atoms with van der Waals surface area (Å²) in [7, 11) is 0. The molecular formula is C10H9NO2. The van der Waals surface area contributed by atoms with Crippen LogP contribution in [0.3, 0.4) is 0 Å². The Morgan fingerprint density at radius 1 is 1.38 bits per heavy atom. The summed E-state index contributed by atoms with van der Waals surface area (Å²) < 4.78 is 0. The molecule has 0 amide bonds. The third-order valence-corrected chi connectivity index (χ3v) is 2.23. The first kappa shape index (κ1) is 7.98. The number of nitro groups is 1. The molecule has 0 aliphatic heterocycles. The zero-order valence-electron chi connectivity index (χ0n) is 7.06. The quantitative estimate of drug-likeness (QED) is 0.512. The Morgan fingerprint density at radius 2 is 2.15 bits per heavy atom. The molecule has 13 heavy (non-hydrogen) atoms. The van der Waals surface area contributed by atoms with Gasteiger partial charge >= 0.3 is 0 Å². The molecule has 0 heterocycles. The van der Waals surface area contributed by atoms with Crippen LogP contribution in [0.2, 0.25) is 0 Å². The van der Waals surface area contributed by atoms with Crippen LogP contribution in [-0.4, -0.2) is 4.92 Å². The van der Waals surface area contributed by atoms with E-state index in [2.05, 4.69) is 6.08 Å². The Morgan fingerprint density at radius 3 is 2.69 bits per heavy atom. The van der Waals surface area contributed by atoms with Crippen LogP contribution in [0.1, 0.15) is 18.4 Å². The van der Waals surface area contributed by atoms with E-state index in [-0.39, 0.29) is 10.6 Å². The van der Waals surface area contributed by atoms with E-state index in [0.29, 0.717) is 0 Å². The first-order valence-electron chi connectivity index (χ1n) is 4.21. The van der Waals surface area contributed by atoms with Crippen molar-refractivity contribution < 1.29 is 4.92 Å². The fourth-order valence-corrected chi connectivity index (χ4v) is 1.37. The number of allylic oxidation sites excluding steroid dienone is 2. The molecule has 1 aromatic carbocycles. The van der Waals surface area contributed by atoms with Crippen LogP contribution in [0, 0.1) is 10.1 Å². The lowest BCUT2D eigenvalue weighted by Crippen LogP contribution is -1.94. The van der Waals surface area contributed by atoms with Gasteiger partial charge in [0.2, 0.25) is 0 Å². The average Bonchev–Trinajstić information content (AvgIpc) is 2.01. The lowest BCUT2D eigenvalue weighted by molar-refractivity contribution is -0.384. The van der Waals surface area contributed by atoms with Gasteiger partial charge in [-0.05, 0) is 24.0 Å². The Labute approximate surface area is 75.8 Å². The van der Waals surface area contributed by atoms with E-state index in [1.165, 1.54) is 11.6 Å². The van der Waals surface area contributed by atoms with Crippen LogP contribution in [0.25, 0.3) is 5.57 Å². The topological polar surface area (TPSA) is 43.1 Å². The largest absolute Gasteiger partial charge is 0.270 e. The lowest BCUT2D eigenvalue weighted by Gasteiger charge is -2.13. The van der Waals surface area contributed by atoms with E-state index in [0.717, 1.165) is 18.4 Å². The molecule has 3 heteroatoms. The zero-order chi connectivity index (χ0) is 9.26. The molecule has 0 aromatic heterocycles. The minimum Gasteiger partial charge on any atom is -0.258 e. The molecule has 0 saturated heterocycles. The fourth-order valence-electron chi connectivity index (χ4n) is 1.37. The van der Waals surface area contributed by atoms with Crippen LogP contribution in [0.15, 0.2) is 30.3 Å². The molecular weight excluding hydrogens is 166 g/mol. The Hall–Kier alpha value is -1.64. The van der Waals surface area contributed by atoms with Gasteiger partial charge in [0.25, 0.3) is 5.69 Å². The van der Waals surface area contributed by atoms with Gasteiger partial charge in [0, 0.05) is 12.1 Å². The van der Waals surface area contributed by atoms with Crippen LogP contribution in [-0.2, 0) is 0 Å². The predicted octanol–water partition coefficient (Wildman–Crippen LogP) is 2.77. The minimum atomic E-state index is -0.358. The first-order chi connectivity index (χ1) is 6.27. The van der Waals surface area contributed by atoms with Gasteiger partial charge in [0.15, 0.2) is 0 Å². The average molecular weight is 175 g/mol. The standard InChI is InChI=1S/C10H9NO2/c12-11(13)10-6-2-5-9(7-10)8-3-1-4-8/h2-3,5-7H,1,4H2. The smallest absolute Gasteiger partial charge is 0.258 e. The van der Waals surface area contributed by atoms with Crippen molar-refractivity contribution in [2.45, 2.75) is 12.8 Å². The maximum Gasteiger partial charge on any atom is 0.270 e.